The van der Waals surface area contributed by atoms with E-state index in [4.69, 9.17) is 5.73 Å². The third-order valence-electron chi connectivity index (χ3n) is 5.71. The number of pyridine rings is 1. The Hall–Kier alpha value is -2.64. The maximum Gasteiger partial charge on any atom is 0.132 e. The highest BCUT2D eigenvalue weighted by atomic mass is 32.2. The lowest BCUT2D eigenvalue weighted by molar-refractivity contribution is 0.506. The van der Waals surface area contributed by atoms with Crippen LogP contribution in [-0.2, 0) is 0 Å². The van der Waals surface area contributed by atoms with Crippen LogP contribution in [0.5, 0.6) is 0 Å². The van der Waals surface area contributed by atoms with E-state index in [1.54, 1.807) is 6.20 Å². The van der Waals surface area contributed by atoms with Gasteiger partial charge in [-0.15, -0.1) is 11.8 Å². The van der Waals surface area contributed by atoms with Crippen LogP contribution in [0.15, 0.2) is 60.3 Å². The number of halogens is 2. The highest BCUT2D eigenvalue weighted by Crippen LogP contribution is 2.48. The van der Waals surface area contributed by atoms with Gasteiger partial charge in [-0.05, 0) is 36.4 Å². The summed E-state index contributed by atoms with van der Waals surface area (Å²) >= 11 is 1.38. The van der Waals surface area contributed by atoms with E-state index in [1.807, 2.05) is 40.8 Å². The van der Waals surface area contributed by atoms with Crippen LogP contribution in [0.4, 0.5) is 20.2 Å². The van der Waals surface area contributed by atoms with Crippen molar-refractivity contribution < 1.29 is 8.78 Å². The average Bonchev–Trinajstić information content (AvgIpc) is 3.22. The molecule has 1 fully saturated rings. The molecule has 2 aliphatic rings. The Kier molecular flexibility index (Phi) is 5.08. The molecule has 7 heteroatoms. The summed E-state index contributed by atoms with van der Waals surface area (Å²) in [5.41, 5.74) is 9.07. The molecule has 154 valence electrons. The summed E-state index contributed by atoms with van der Waals surface area (Å²) in [4.78, 5) is 8.85. The first-order valence-corrected chi connectivity index (χ1v) is 11.0. The maximum absolute atomic E-state index is 14.6. The minimum Gasteiger partial charge on any atom is -0.368 e. The van der Waals surface area contributed by atoms with Crippen LogP contribution in [0.2, 0.25) is 0 Å². The number of para-hydroxylation sites is 1. The predicted octanol–water partition coefficient (Wildman–Crippen LogP) is 5.16. The first-order valence-electron chi connectivity index (χ1n) is 10.1. The lowest BCUT2D eigenvalue weighted by Crippen LogP contribution is -2.43. The van der Waals surface area contributed by atoms with Crippen LogP contribution >= 0.6 is 11.8 Å². The van der Waals surface area contributed by atoms with E-state index < -0.39 is 17.0 Å². The van der Waals surface area contributed by atoms with Gasteiger partial charge in [0.2, 0.25) is 0 Å². The highest BCUT2D eigenvalue weighted by Gasteiger charge is 2.32. The quantitative estimate of drug-likeness (QED) is 0.629. The van der Waals surface area contributed by atoms with Crippen molar-refractivity contribution in [2.24, 2.45) is 5.73 Å². The smallest absolute Gasteiger partial charge is 0.132 e. The Bertz CT molecular complexity index is 1100. The third kappa shape index (κ3) is 3.32. The van der Waals surface area contributed by atoms with Crippen molar-refractivity contribution in [2.45, 2.75) is 24.3 Å². The Labute approximate surface area is 178 Å². The standard InChI is InChI=1S/C23H22F2N4S/c24-17-7-3-8-18(25)21(17)23-29(11-12-30-23)20-13-27-19-9-2-1-6-16(19)22(20)28-10-4-5-15(26)14-28/h1-3,6-9,11-13,15,23H,4-5,10,14,26H2. The van der Waals surface area contributed by atoms with Gasteiger partial charge in [0.25, 0.3) is 0 Å². The number of hydrogen-bond donors (Lipinski definition) is 1. The van der Waals surface area contributed by atoms with Crippen LogP contribution in [0, 0.1) is 11.6 Å². The van der Waals surface area contributed by atoms with E-state index in [0.29, 0.717) is 0 Å². The van der Waals surface area contributed by atoms with Crippen molar-refractivity contribution in [3.63, 3.8) is 0 Å². The molecule has 0 amide bonds. The Balaban J connectivity index is 1.66. The van der Waals surface area contributed by atoms with Gasteiger partial charge in [-0.1, -0.05) is 24.3 Å². The summed E-state index contributed by atoms with van der Waals surface area (Å²) in [5.74, 6) is -1.09. The normalized spacial score (nSPS) is 21.6. The Morgan fingerprint density at radius 1 is 1.07 bits per heavy atom. The van der Waals surface area contributed by atoms with Crippen LogP contribution < -0.4 is 15.5 Å². The zero-order chi connectivity index (χ0) is 20.7. The van der Waals surface area contributed by atoms with E-state index in [0.717, 1.165) is 48.2 Å². The van der Waals surface area contributed by atoms with Crippen molar-refractivity contribution in [3.8, 4) is 0 Å². The average molecular weight is 425 g/mol. The number of benzene rings is 2. The maximum atomic E-state index is 14.6. The zero-order valence-electron chi connectivity index (χ0n) is 16.3. The van der Waals surface area contributed by atoms with Gasteiger partial charge >= 0.3 is 0 Å². The summed E-state index contributed by atoms with van der Waals surface area (Å²) in [6.07, 6.45) is 5.69. The third-order valence-corrected chi connectivity index (χ3v) is 6.71. The number of aromatic nitrogens is 1. The molecule has 0 aliphatic carbocycles. The van der Waals surface area contributed by atoms with Crippen LogP contribution in [-0.4, -0.2) is 24.1 Å². The summed E-state index contributed by atoms with van der Waals surface area (Å²) in [6.45, 7) is 1.63. The van der Waals surface area contributed by atoms with Gasteiger partial charge in [-0.3, -0.25) is 4.98 Å². The fourth-order valence-corrected chi connectivity index (χ4v) is 5.36. The molecule has 2 aliphatic heterocycles. The van der Waals surface area contributed by atoms with E-state index in [1.165, 1.54) is 30.0 Å². The SMILES string of the molecule is NC1CCCN(c2c(N3C=CSC3c3c(F)cccc3F)cnc3ccccc23)C1. The molecule has 0 saturated carbocycles. The molecule has 1 aromatic heterocycles. The number of rotatable bonds is 3. The molecule has 30 heavy (non-hydrogen) atoms. The highest BCUT2D eigenvalue weighted by molar-refractivity contribution is 8.02. The number of piperidine rings is 1. The zero-order valence-corrected chi connectivity index (χ0v) is 17.2. The number of thioether (sulfide) groups is 1. The van der Waals surface area contributed by atoms with Crippen LogP contribution in [0.3, 0.4) is 0 Å². The summed E-state index contributed by atoms with van der Waals surface area (Å²) < 4.78 is 29.2. The second-order valence-electron chi connectivity index (χ2n) is 7.67. The van der Waals surface area contributed by atoms with Crippen molar-refractivity contribution in [3.05, 3.63) is 77.5 Å². The van der Waals surface area contributed by atoms with Gasteiger partial charge in [-0.25, -0.2) is 8.78 Å². The first kappa shape index (κ1) is 19.3. The molecule has 4 nitrogen and oxygen atoms in total. The molecule has 0 radical (unpaired) electrons. The molecule has 2 atom stereocenters. The minimum absolute atomic E-state index is 0.0574. The summed E-state index contributed by atoms with van der Waals surface area (Å²) in [5, 5.41) is 2.35. The minimum atomic E-state index is -0.545. The van der Waals surface area contributed by atoms with Crippen molar-refractivity contribution in [1.82, 2.24) is 4.98 Å². The van der Waals surface area contributed by atoms with Gasteiger partial charge in [0.1, 0.15) is 17.0 Å². The lowest BCUT2D eigenvalue weighted by atomic mass is 10.0. The van der Waals surface area contributed by atoms with E-state index in [2.05, 4.69) is 9.88 Å². The van der Waals surface area contributed by atoms with Crippen molar-refractivity contribution in [2.75, 3.05) is 22.9 Å². The molecule has 3 heterocycles. The molecule has 0 bridgehead atoms. The Morgan fingerprint density at radius 3 is 2.67 bits per heavy atom. The fourth-order valence-electron chi connectivity index (χ4n) is 4.33. The number of nitrogens with two attached hydrogens (primary N) is 1. The van der Waals surface area contributed by atoms with Gasteiger partial charge in [0.15, 0.2) is 0 Å². The molecule has 2 unspecified atom stereocenters. The molecule has 0 spiro atoms. The lowest BCUT2D eigenvalue weighted by Gasteiger charge is -2.37. The topological polar surface area (TPSA) is 45.4 Å². The van der Waals surface area contributed by atoms with Crippen molar-refractivity contribution >= 4 is 34.0 Å². The number of anilines is 2. The molecule has 2 N–H and O–H groups in total. The van der Waals surface area contributed by atoms with Gasteiger partial charge in [0.05, 0.1) is 28.7 Å². The Morgan fingerprint density at radius 2 is 1.87 bits per heavy atom. The molecule has 1 saturated heterocycles. The van der Waals surface area contributed by atoms with Gasteiger partial charge in [-0.2, -0.15) is 0 Å². The molecular formula is C23H22F2N4S. The fraction of sp³-hybridized carbons (Fsp3) is 0.261. The van der Waals surface area contributed by atoms with E-state index in [9.17, 15) is 8.78 Å². The molecule has 2 aromatic carbocycles. The largest absolute Gasteiger partial charge is 0.368 e. The van der Waals surface area contributed by atoms with Crippen LogP contribution in [0.1, 0.15) is 23.8 Å². The van der Waals surface area contributed by atoms with Crippen LogP contribution in [0.25, 0.3) is 10.9 Å². The second-order valence-corrected chi connectivity index (χ2v) is 8.66. The van der Waals surface area contributed by atoms with E-state index in [-0.39, 0.29) is 11.6 Å². The van der Waals surface area contributed by atoms with Crippen molar-refractivity contribution in [1.29, 1.82) is 0 Å². The predicted molar refractivity (Wildman–Crippen MR) is 119 cm³/mol. The number of hydrogen-bond acceptors (Lipinski definition) is 5. The van der Waals surface area contributed by atoms with E-state index >= 15 is 0 Å². The van der Waals surface area contributed by atoms with Gasteiger partial charge < -0.3 is 15.5 Å². The summed E-state index contributed by atoms with van der Waals surface area (Å²) in [6, 6.07) is 12.1. The molecular weight excluding hydrogens is 402 g/mol. The molecule has 5 rings (SSSR count). The first-order chi connectivity index (χ1) is 14.6. The number of fused-ring (bicyclic) bond motifs is 1. The summed E-state index contributed by atoms with van der Waals surface area (Å²) in [7, 11) is 0. The monoisotopic (exact) mass is 424 g/mol. The van der Waals surface area contributed by atoms with Gasteiger partial charge in [0, 0.05) is 30.7 Å². The number of nitrogens with zero attached hydrogens (tertiary/aromatic N) is 3. The second kappa shape index (κ2) is 7.89. The molecule has 3 aromatic rings.